The molecule has 0 aliphatic rings. The molecular formula is C19H26N4O. The number of hydrogen-bond acceptors (Lipinski definition) is 4. The van der Waals surface area contributed by atoms with Crippen molar-refractivity contribution in [1.82, 2.24) is 16.0 Å². The van der Waals surface area contributed by atoms with Crippen molar-refractivity contribution in [3.63, 3.8) is 0 Å². The lowest BCUT2D eigenvalue weighted by atomic mass is 10.00. The lowest BCUT2D eigenvalue weighted by Crippen LogP contribution is -2.35. The van der Waals surface area contributed by atoms with E-state index in [2.05, 4.69) is 34.2 Å². The van der Waals surface area contributed by atoms with Crippen molar-refractivity contribution in [2.45, 2.75) is 19.9 Å². The van der Waals surface area contributed by atoms with Crippen molar-refractivity contribution in [3.05, 3.63) is 71.2 Å². The number of aliphatic imine (C=N–C) groups is 1. The monoisotopic (exact) mass is 326 g/mol. The number of benzene rings is 1. The summed E-state index contributed by atoms with van der Waals surface area (Å²) in [6, 6.07) is 7.25. The zero-order valence-electron chi connectivity index (χ0n) is 14.8. The normalized spacial score (nSPS) is 13.4. The molecule has 0 bridgehead atoms. The number of carbonyl (C=O) groups is 1. The van der Waals surface area contributed by atoms with Gasteiger partial charge in [-0.25, -0.2) is 0 Å². The van der Waals surface area contributed by atoms with Gasteiger partial charge in [0.2, 0.25) is 5.91 Å². The van der Waals surface area contributed by atoms with Gasteiger partial charge < -0.3 is 16.0 Å². The summed E-state index contributed by atoms with van der Waals surface area (Å²) in [5, 5.41) is 8.97. The van der Waals surface area contributed by atoms with Crippen LogP contribution in [0.2, 0.25) is 0 Å². The summed E-state index contributed by atoms with van der Waals surface area (Å²) in [5.41, 5.74) is 4.18. The van der Waals surface area contributed by atoms with Crippen LogP contribution in [0, 0.1) is 6.92 Å². The number of amides is 1. The van der Waals surface area contributed by atoms with Crippen LogP contribution in [0.4, 0.5) is 0 Å². The fraction of sp³-hybridized carbons (Fsp3) is 0.263. The fourth-order valence-electron chi connectivity index (χ4n) is 2.21. The van der Waals surface area contributed by atoms with Gasteiger partial charge in [0.25, 0.3) is 0 Å². The molecule has 0 aliphatic heterocycles. The number of carbonyl (C=O) groups excluding carboxylic acids is 1. The number of hydrogen-bond donors (Lipinski definition) is 3. The lowest BCUT2D eigenvalue weighted by Gasteiger charge is -2.21. The van der Waals surface area contributed by atoms with E-state index in [0.29, 0.717) is 11.4 Å². The summed E-state index contributed by atoms with van der Waals surface area (Å²) in [5.74, 6) is -0.125. The molecule has 0 saturated heterocycles. The van der Waals surface area contributed by atoms with E-state index in [1.54, 1.807) is 19.2 Å². The highest BCUT2D eigenvalue weighted by Crippen LogP contribution is 2.20. The van der Waals surface area contributed by atoms with Crippen molar-refractivity contribution in [3.8, 4) is 0 Å². The van der Waals surface area contributed by atoms with Crippen molar-refractivity contribution in [1.29, 1.82) is 0 Å². The summed E-state index contributed by atoms with van der Waals surface area (Å²) in [4.78, 5) is 16.4. The van der Waals surface area contributed by atoms with E-state index in [9.17, 15) is 4.79 Å². The van der Waals surface area contributed by atoms with E-state index in [4.69, 9.17) is 0 Å². The van der Waals surface area contributed by atoms with Gasteiger partial charge in [0, 0.05) is 25.5 Å². The Bertz CT molecular complexity index is 674. The van der Waals surface area contributed by atoms with Crippen LogP contribution in [-0.4, -0.2) is 26.7 Å². The van der Waals surface area contributed by atoms with Crippen molar-refractivity contribution in [2.24, 2.45) is 4.99 Å². The number of aryl methyl sites for hydroxylation is 1. The quantitative estimate of drug-likeness (QED) is 0.508. The molecule has 0 radical (unpaired) electrons. The van der Waals surface area contributed by atoms with Gasteiger partial charge in [0.1, 0.15) is 6.04 Å². The Kier molecular flexibility index (Phi) is 7.49. The summed E-state index contributed by atoms with van der Waals surface area (Å²) >= 11 is 0. The molecular weight excluding hydrogens is 300 g/mol. The Morgan fingerprint density at radius 2 is 1.92 bits per heavy atom. The second-order valence-corrected chi connectivity index (χ2v) is 5.27. The number of likely N-dealkylation sites (N-methyl/N-ethyl adjacent to an activating group) is 1. The predicted octanol–water partition coefficient (Wildman–Crippen LogP) is 2.59. The maximum Gasteiger partial charge on any atom is 0.246 e. The summed E-state index contributed by atoms with van der Waals surface area (Å²) < 4.78 is 0. The Morgan fingerprint density at radius 1 is 1.25 bits per heavy atom. The Hall–Kier alpha value is -2.82. The third-order valence-corrected chi connectivity index (χ3v) is 3.76. The summed E-state index contributed by atoms with van der Waals surface area (Å²) in [6.45, 7) is 11.3. The summed E-state index contributed by atoms with van der Waals surface area (Å²) in [7, 11) is 3.43. The molecule has 0 saturated carbocycles. The molecule has 128 valence electrons. The second kappa shape index (κ2) is 9.35. The van der Waals surface area contributed by atoms with Gasteiger partial charge in [-0.05, 0) is 43.8 Å². The zero-order chi connectivity index (χ0) is 18.1. The highest BCUT2D eigenvalue weighted by molar-refractivity contribution is 5.83. The third-order valence-electron chi connectivity index (χ3n) is 3.76. The first-order valence-electron chi connectivity index (χ1n) is 7.71. The first kappa shape index (κ1) is 19.2. The molecule has 0 aromatic heterocycles. The number of nitrogens with one attached hydrogen (secondary N) is 3. The SMILES string of the molecule is C=C/C(=C\C(N=C)=C(/C)NC)NC(C(=O)NC)c1ccccc1C. The minimum Gasteiger partial charge on any atom is -0.390 e. The van der Waals surface area contributed by atoms with Crippen LogP contribution in [-0.2, 0) is 4.79 Å². The van der Waals surface area contributed by atoms with Gasteiger partial charge in [-0.15, -0.1) is 0 Å². The number of allylic oxidation sites excluding steroid dienone is 3. The Morgan fingerprint density at radius 3 is 2.42 bits per heavy atom. The Balaban J connectivity index is 3.26. The average Bonchev–Trinajstić information content (AvgIpc) is 2.61. The molecule has 1 rings (SSSR count). The van der Waals surface area contributed by atoms with E-state index < -0.39 is 6.04 Å². The third kappa shape index (κ3) is 4.84. The van der Waals surface area contributed by atoms with Crippen molar-refractivity contribution >= 4 is 12.6 Å². The van der Waals surface area contributed by atoms with E-state index in [-0.39, 0.29) is 5.91 Å². The van der Waals surface area contributed by atoms with Gasteiger partial charge in [0.15, 0.2) is 0 Å². The molecule has 5 heteroatoms. The van der Waals surface area contributed by atoms with E-state index in [1.165, 1.54) is 0 Å². The topological polar surface area (TPSA) is 65.5 Å². The van der Waals surface area contributed by atoms with Crippen LogP contribution in [0.1, 0.15) is 24.1 Å². The molecule has 1 amide bonds. The molecule has 0 spiro atoms. The first-order valence-corrected chi connectivity index (χ1v) is 7.71. The van der Waals surface area contributed by atoms with Crippen LogP contribution in [0.15, 0.2) is 65.1 Å². The fourth-order valence-corrected chi connectivity index (χ4v) is 2.21. The molecule has 0 heterocycles. The molecule has 1 aromatic rings. The molecule has 5 nitrogen and oxygen atoms in total. The van der Waals surface area contributed by atoms with Gasteiger partial charge in [-0.1, -0.05) is 30.8 Å². The first-order chi connectivity index (χ1) is 11.5. The largest absolute Gasteiger partial charge is 0.390 e. The van der Waals surface area contributed by atoms with Gasteiger partial charge in [-0.3, -0.25) is 9.79 Å². The highest BCUT2D eigenvalue weighted by Gasteiger charge is 2.21. The maximum absolute atomic E-state index is 12.4. The van der Waals surface area contributed by atoms with Crippen molar-refractivity contribution in [2.75, 3.05) is 14.1 Å². The average molecular weight is 326 g/mol. The van der Waals surface area contributed by atoms with Crippen LogP contribution in [0.5, 0.6) is 0 Å². The molecule has 3 N–H and O–H groups in total. The van der Waals surface area contributed by atoms with E-state index >= 15 is 0 Å². The standard InChI is InChI=1S/C19H26N4O/c1-7-15(12-17(21-5)14(3)20-4)23-18(19(24)22-6)16-11-9-8-10-13(16)2/h7-12,18,20,23H,1,5H2,2-4,6H3,(H,22,24)/b15-12+,17-14-. The van der Waals surface area contributed by atoms with E-state index in [1.807, 2.05) is 45.2 Å². The van der Waals surface area contributed by atoms with Crippen LogP contribution in [0.3, 0.4) is 0 Å². The Labute approximate surface area is 144 Å². The molecule has 24 heavy (non-hydrogen) atoms. The van der Waals surface area contributed by atoms with Gasteiger partial charge >= 0.3 is 0 Å². The van der Waals surface area contributed by atoms with Crippen LogP contribution in [0.25, 0.3) is 0 Å². The van der Waals surface area contributed by atoms with Gasteiger partial charge in [-0.2, -0.15) is 0 Å². The molecule has 1 unspecified atom stereocenters. The second-order valence-electron chi connectivity index (χ2n) is 5.27. The van der Waals surface area contributed by atoms with Crippen LogP contribution < -0.4 is 16.0 Å². The van der Waals surface area contributed by atoms with Crippen LogP contribution >= 0.6 is 0 Å². The lowest BCUT2D eigenvalue weighted by molar-refractivity contribution is -0.122. The summed E-state index contributed by atoms with van der Waals surface area (Å²) in [6.07, 6.45) is 3.46. The maximum atomic E-state index is 12.4. The van der Waals surface area contributed by atoms with Crippen molar-refractivity contribution < 1.29 is 4.79 Å². The van der Waals surface area contributed by atoms with E-state index in [0.717, 1.165) is 16.8 Å². The highest BCUT2D eigenvalue weighted by atomic mass is 16.2. The predicted molar refractivity (Wildman–Crippen MR) is 101 cm³/mol. The minimum atomic E-state index is -0.526. The molecule has 1 atom stereocenters. The molecule has 1 aromatic carbocycles. The number of nitrogens with zero attached hydrogens (tertiary/aromatic N) is 1. The minimum absolute atomic E-state index is 0.125. The smallest absolute Gasteiger partial charge is 0.246 e. The number of rotatable bonds is 8. The van der Waals surface area contributed by atoms with Gasteiger partial charge in [0.05, 0.1) is 5.70 Å². The molecule has 0 fully saturated rings. The zero-order valence-corrected chi connectivity index (χ0v) is 14.8. The molecule has 0 aliphatic carbocycles.